The molecule has 6 atom stereocenters. The molecule has 0 aliphatic heterocycles. The van der Waals surface area contributed by atoms with E-state index in [-0.39, 0.29) is 25.7 Å². The molecule has 0 saturated carbocycles. The van der Waals surface area contributed by atoms with Gasteiger partial charge in [0.1, 0.15) is 19.3 Å². The molecule has 0 aromatic heterocycles. The molecule has 0 heterocycles. The average Bonchev–Trinajstić information content (AvgIpc) is 3.65. The number of ether oxygens (including phenoxy) is 4. The molecule has 3 N–H and O–H groups in total. The van der Waals surface area contributed by atoms with Crippen LogP contribution in [0.1, 0.15) is 363 Å². The highest BCUT2D eigenvalue weighted by atomic mass is 31.2. The zero-order chi connectivity index (χ0) is 66.5. The van der Waals surface area contributed by atoms with Crippen molar-refractivity contribution in [3.63, 3.8) is 0 Å². The summed E-state index contributed by atoms with van der Waals surface area (Å²) in [5, 5.41) is 10.6. The molecule has 0 aliphatic carbocycles. The van der Waals surface area contributed by atoms with Gasteiger partial charge in [-0.1, -0.05) is 311 Å². The Kier molecular flexibility index (Phi) is 61.8. The molecule has 90 heavy (non-hydrogen) atoms. The van der Waals surface area contributed by atoms with Gasteiger partial charge in [-0.25, -0.2) is 9.13 Å². The minimum atomic E-state index is -4.95. The van der Waals surface area contributed by atoms with Gasteiger partial charge in [0.2, 0.25) is 0 Å². The zero-order valence-electron chi connectivity index (χ0n) is 58.4. The lowest BCUT2D eigenvalue weighted by Gasteiger charge is -2.21. The van der Waals surface area contributed by atoms with E-state index in [0.717, 1.165) is 102 Å². The molecule has 0 amide bonds. The molecule has 534 valence electrons. The molecule has 0 fully saturated rings. The van der Waals surface area contributed by atoms with Crippen LogP contribution >= 0.6 is 15.6 Å². The van der Waals surface area contributed by atoms with E-state index >= 15 is 0 Å². The number of unbranched alkanes of at least 4 members (excludes halogenated alkanes) is 39. The van der Waals surface area contributed by atoms with Gasteiger partial charge in [0, 0.05) is 25.7 Å². The third-order valence-corrected chi connectivity index (χ3v) is 18.7. The van der Waals surface area contributed by atoms with Crippen molar-refractivity contribution in [3.05, 3.63) is 0 Å². The van der Waals surface area contributed by atoms with Crippen molar-refractivity contribution in [3.8, 4) is 0 Å². The van der Waals surface area contributed by atoms with Crippen LogP contribution in [-0.4, -0.2) is 96.7 Å². The highest BCUT2D eigenvalue weighted by molar-refractivity contribution is 7.47. The van der Waals surface area contributed by atoms with Crippen LogP contribution in [0, 0.1) is 11.8 Å². The Labute approximate surface area is 549 Å². The van der Waals surface area contributed by atoms with Gasteiger partial charge in [-0.3, -0.25) is 37.3 Å². The van der Waals surface area contributed by atoms with Gasteiger partial charge in [0.15, 0.2) is 12.2 Å². The number of rotatable bonds is 70. The van der Waals surface area contributed by atoms with E-state index in [2.05, 4.69) is 41.5 Å². The predicted octanol–water partition coefficient (Wildman–Crippen LogP) is 20.4. The van der Waals surface area contributed by atoms with Crippen molar-refractivity contribution in [2.24, 2.45) is 11.8 Å². The summed E-state index contributed by atoms with van der Waals surface area (Å²) in [4.78, 5) is 72.6. The second kappa shape index (κ2) is 63.1. The fourth-order valence-corrected chi connectivity index (χ4v) is 12.3. The van der Waals surface area contributed by atoms with Gasteiger partial charge in [0.25, 0.3) is 0 Å². The van der Waals surface area contributed by atoms with E-state index in [4.69, 9.17) is 37.0 Å². The monoisotopic (exact) mass is 1320 g/mol. The Balaban J connectivity index is 5.25. The maximum atomic E-state index is 13.0. The van der Waals surface area contributed by atoms with Gasteiger partial charge in [-0.2, -0.15) is 0 Å². The molecule has 0 rings (SSSR count). The van der Waals surface area contributed by atoms with Crippen molar-refractivity contribution in [1.82, 2.24) is 0 Å². The van der Waals surface area contributed by atoms with Crippen molar-refractivity contribution < 1.29 is 80.2 Å². The average molecular weight is 1330 g/mol. The highest BCUT2D eigenvalue weighted by Gasteiger charge is 2.30. The molecule has 0 aromatic rings. The Morgan fingerprint density at radius 3 is 0.844 bits per heavy atom. The molecule has 0 saturated heterocycles. The van der Waals surface area contributed by atoms with Crippen LogP contribution in [0.4, 0.5) is 0 Å². The van der Waals surface area contributed by atoms with E-state index < -0.39 is 97.5 Å². The quantitative estimate of drug-likeness (QED) is 0.0222. The second-order valence-electron chi connectivity index (χ2n) is 26.3. The van der Waals surface area contributed by atoms with Crippen molar-refractivity contribution in [1.29, 1.82) is 0 Å². The van der Waals surface area contributed by atoms with E-state index in [9.17, 15) is 43.2 Å². The topological polar surface area (TPSA) is 237 Å². The summed E-state index contributed by atoms with van der Waals surface area (Å²) in [6.07, 6.45) is 48.4. The van der Waals surface area contributed by atoms with E-state index in [1.165, 1.54) is 180 Å². The zero-order valence-corrected chi connectivity index (χ0v) is 60.2. The van der Waals surface area contributed by atoms with Gasteiger partial charge in [0.05, 0.1) is 26.4 Å². The van der Waals surface area contributed by atoms with E-state index in [1.807, 2.05) is 0 Å². The number of carbonyl (C=O) groups is 4. The first-order valence-corrected chi connectivity index (χ1v) is 40.0. The van der Waals surface area contributed by atoms with Crippen LogP contribution < -0.4 is 0 Å². The third kappa shape index (κ3) is 63.5. The van der Waals surface area contributed by atoms with Gasteiger partial charge in [-0.15, -0.1) is 0 Å². The van der Waals surface area contributed by atoms with E-state index in [0.29, 0.717) is 25.7 Å². The fraction of sp³-hybridized carbons (Fsp3) is 0.944. The van der Waals surface area contributed by atoms with Crippen LogP contribution in [0.3, 0.4) is 0 Å². The van der Waals surface area contributed by atoms with Crippen molar-refractivity contribution in [2.45, 2.75) is 381 Å². The lowest BCUT2D eigenvalue weighted by Crippen LogP contribution is -2.30. The molecular weight excluding hydrogens is 1190 g/mol. The number of hydrogen-bond donors (Lipinski definition) is 3. The SMILES string of the molecule is CCCCCCCCCCCCCCCCCC(=O)O[C@H](COC(=O)CCCCCCCCCCCCCC(C)C)COP(=O)(O)OC[C@@H](O)COP(=O)(O)OC[C@@H](COC(=O)CCCCCCCCCCC)OC(=O)CCCCCCCCCCC(C)CC. The Bertz CT molecular complexity index is 1750. The first-order chi connectivity index (χ1) is 43.4. The highest BCUT2D eigenvalue weighted by Crippen LogP contribution is 2.45. The number of carbonyl (C=O) groups excluding carboxylic acids is 4. The van der Waals surface area contributed by atoms with E-state index in [1.54, 1.807) is 0 Å². The van der Waals surface area contributed by atoms with Crippen LogP contribution in [0.5, 0.6) is 0 Å². The number of aliphatic hydroxyl groups is 1. The van der Waals surface area contributed by atoms with Crippen LogP contribution in [0.2, 0.25) is 0 Å². The summed E-state index contributed by atoms with van der Waals surface area (Å²) in [5.74, 6) is -0.582. The number of phosphoric acid groups is 2. The normalized spacial score (nSPS) is 14.4. The fourth-order valence-electron chi connectivity index (χ4n) is 10.7. The Morgan fingerprint density at radius 2 is 0.567 bits per heavy atom. The van der Waals surface area contributed by atoms with Gasteiger partial charge >= 0.3 is 39.5 Å². The van der Waals surface area contributed by atoms with Gasteiger partial charge in [-0.05, 0) is 37.5 Å². The Hall–Kier alpha value is -1.94. The van der Waals surface area contributed by atoms with Crippen LogP contribution in [-0.2, 0) is 65.4 Å². The molecule has 17 nitrogen and oxygen atoms in total. The number of phosphoric ester groups is 2. The van der Waals surface area contributed by atoms with Crippen LogP contribution in [0.25, 0.3) is 0 Å². The number of hydrogen-bond acceptors (Lipinski definition) is 15. The lowest BCUT2D eigenvalue weighted by molar-refractivity contribution is -0.161. The molecule has 0 aromatic carbocycles. The number of esters is 4. The molecule has 0 radical (unpaired) electrons. The summed E-state index contributed by atoms with van der Waals surface area (Å²) < 4.78 is 68.3. The van der Waals surface area contributed by atoms with Gasteiger partial charge < -0.3 is 33.8 Å². The van der Waals surface area contributed by atoms with Crippen molar-refractivity contribution >= 4 is 39.5 Å². The minimum Gasteiger partial charge on any atom is -0.462 e. The summed E-state index contributed by atoms with van der Waals surface area (Å²) in [6.45, 7) is 9.55. The third-order valence-electron chi connectivity index (χ3n) is 16.8. The standard InChI is InChI=1S/C71H138O17P2/c1-7-10-12-14-16-18-19-20-21-22-25-30-37-43-49-55-70(75)87-66(60-82-69(74)54-48-42-36-29-26-23-24-28-33-39-45-51-63(4)5)61-85-89(77,78)83-57-65(72)58-84-90(79,80)86-62-67(59-81-68(73)53-47-41-35-27-17-15-13-11-8-2)88-71(76)56-50-44-38-32-31-34-40-46-52-64(6)9-3/h63-67,72H,7-62H2,1-6H3,(H,77,78)(H,79,80)/t64?,65-,66-,67-/m1/s1. The lowest BCUT2D eigenvalue weighted by atomic mass is 9.99. The molecule has 19 heteroatoms. The maximum Gasteiger partial charge on any atom is 0.472 e. The van der Waals surface area contributed by atoms with Crippen LogP contribution in [0.15, 0.2) is 0 Å². The smallest absolute Gasteiger partial charge is 0.462 e. The molecular formula is C71H138O17P2. The molecule has 0 spiro atoms. The summed E-state index contributed by atoms with van der Waals surface area (Å²) >= 11 is 0. The maximum absolute atomic E-state index is 13.0. The first kappa shape index (κ1) is 88.1. The Morgan fingerprint density at radius 1 is 0.322 bits per heavy atom. The largest absolute Gasteiger partial charge is 0.472 e. The molecule has 0 bridgehead atoms. The molecule has 0 aliphatic rings. The minimum absolute atomic E-state index is 0.105. The van der Waals surface area contributed by atoms with Crippen molar-refractivity contribution in [2.75, 3.05) is 39.6 Å². The second-order valence-corrected chi connectivity index (χ2v) is 29.3. The molecule has 3 unspecified atom stereocenters. The number of aliphatic hydroxyl groups excluding tert-OH is 1. The predicted molar refractivity (Wildman–Crippen MR) is 363 cm³/mol. The summed E-state index contributed by atoms with van der Waals surface area (Å²) in [7, 11) is -9.90. The summed E-state index contributed by atoms with van der Waals surface area (Å²) in [5.41, 5.74) is 0. The first-order valence-electron chi connectivity index (χ1n) is 37.0. The summed E-state index contributed by atoms with van der Waals surface area (Å²) in [6, 6.07) is 0.